The van der Waals surface area contributed by atoms with E-state index >= 15 is 0 Å². The van der Waals surface area contributed by atoms with Crippen LogP contribution in [0.2, 0.25) is 0 Å². The average Bonchev–Trinajstić information content (AvgIpc) is 2.81. The first-order valence-corrected chi connectivity index (χ1v) is 7.91. The van der Waals surface area contributed by atoms with Gasteiger partial charge in [0.2, 0.25) is 0 Å². The molecule has 23 heavy (non-hydrogen) atoms. The fourth-order valence-electron chi connectivity index (χ4n) is 3.26. The van der Waals surface area contributed by atoms with Crippen molar-refractivity contribution in [1.82, 2.24) is 10.2 Å². The van der Waals surface area contributed by atoms with Gasteiger partial charge < -0.3 is 5.32 Å². The topological polar surface area (TPSA) is 66.5 Å². The Morgan fingerprint density at radius 1 is 1.30 bits per heavy atom. The molecule has 1 fully saturated rings. The van der Waals surface area contributed by atoms with Crippen LogP contribution in [0.4, 0.5) is 4.79 Å². The lowest BCUT2D eigenvalue weighted by molar-refractivity contribution is -0.131. The van der Waals surface area contributed by atoms with Crippen LogP contribution >= 0.6 is 0 Å². The zero-order valence-corrected chi connectivity index (χ0v) is 13.1. The van der Waals surface area contributed by atoms with Gasteiger partial charge >= 0.3 is 6.03 Å². The van der Waals surface area contributed by atoms with E-state index in [0.717, 1.165) is 24.2 Å². The van der Waals surface area contributed by atoms with Gasteiger partial charge in [0.15, 0.2) is 5.78 Å². The predicted octanol–water partition coefficient (Wildman–Crippen LogP) is 2.54. The molecule has 0 spiro atoms. The number of nitrogens with one attached hydrogen (secondary N) is 1. The van der Waals surface area contributed by atoms with E-state index in [2.05, 4.69) is 11.4 Å². The molecule has 0 saturated carbocycles. The van der Waals surface area contributed by atoms with Crippen molar-refractivity contribution in [2.24, 2.45) is 5.92 Å². The molecule has 3 rings (SSSR count). The number of allylic oxidation sites excluding steroid dienone is 1. The van der Waals surface area contributed by atoms with Crippen molar-refractivity contribution in [3.05, 3.63) is 48.0 Å². The highest BCUT2D eigenvalue weighted by atomic mass is 16.2. The summed E-state index contributed by atoms with van der Waals surface area (Å²) in [7, 11) is 0. The van der Waals surface area contributed by atoms with E-state index in [1.807, 2.05) is 12.1 Å². The lowest BCUT2D eigenvalue weighted by Crippen LogP contribution is -2.50. The molecular weight excluding hydrogens is 292 g/mol. The molecule has 1 aromatic carbocycles. The maximum Gasteiger partial charge on any atom is 0.325 e. The number of rotatable bonds is 4. The van der Waals surface area contributed by atoms with Crippen LogP contribution in [0.25, 0.3) is 0 Å². The molecule has 1 aliphatic heterocycles. The van der Waals surface area contributed by atoms with Gasteiger partial charge in [-0.1, -0.05) is 42.5 Å². The summed E-state index contributed by atoms with van der Waals surface area (Å²) in [6.07, 6.45) is 6.92. The van der Waals surface area contributed by atoms with E-state index in [1.54, 1.807) is 31.2 Å². The molecule has 3 amide bonds. The minimum Gasteiger partial charge on any atom is -0.323 e. The number of hydrogen-bond donors (Lipinski definition) is 1. The van der Waals surface area contributed by atoms with Crippen LogP contribution in [0, 0.1) is 5.92 Å². The third-order valence-electron chi connectivity index (χ3n) is 4.69. The molecule has 5 nitrogen and oxygen atoms in total. The lowest BCUT2D eigenvalue weighted by Gasteiger charge is -2.31. The normalized spacial score (nSPS) is 27.2. The van der Waals surface area contributed by atoms with Crippen molar-refractivity contribution in [3.8, 4) is 0 Å². The van der Waals surface area contributed by atoms with Crippen molar-refractivity contribution in [1.29, 1.82) is 0 Å². The van der Waals surface area contributed by atoms with Gasteiger partial charge in [0, 0.05) is 11.5 Å². The minimum atomic E-state index is -0.953. The molecule has 120 valence electrons. The number of amides is 3. The van der Waals surface area contributed by atoms with Gasteiger partial charge in [-0.2, -0.15) is 0 Å². The Kier molecular flexibility index (Phi) is 4.03. The van der Waals surface area contributed by atoms with Crippen molar-refractivity contribution in [2.75, 3.05) is 6.54 Å². The van der Waals surface area contributed by atoms with Crippen molar-refractivity contribution in [2.45, 2.75) is 31.7 Å². The summed E-state index contributed by atoms with van der Waals surface area (Å²) >= 11 is 0. The maximum atomic E-state index is 12.8. The summed E-state index contributed by atoms with van der Waals surface area (Å²) in [6, 6.07) is 8.22. The van der Waals surface area contributed by atoms with Crippen LogP contribution < -0.4 is 5.32 Å². The quantitative estimate of drug-likeness (QED) is 0.528. The number of nitrogens with zero attached hydrogens (tertiary/aromatic N) is 1. The molecule has 1 aromatic rings. The largest absolute Gasteiger partial charge is 0.325 e. The SMILES string of the molecule is CC1(C2C=CCCC2)NC(=O)N(CC(=O)c2ccccc2)C1=O. The zero-order chi connectivity index (χ0) is 16.4. The number of carbonyl (C=O) groups is 3. The van der Waals surface area contributed by atoms with Crippen molar-refractivity contribution < 1.29 is 14.4 Å². The number of imide groups is 1. The highest BCUT2D eigenvalue weighted by Gasteiger charge is 2.52. The summed E-state index contributed by atoms with van der Waals surface area (Å²) in [4.78, 5) is 38.3. The van der Waals surface area contributed by atoms with Crippen LogP contribution in [0.5, 0.6) is 0 Å². The molecular formula is C18H20N2O3. The summed E-state index contributed by atoms with van der Waals surface area (Å²) < 4.78 is 0. The van der Waals surface area contributed by atoms with Crippen LogP contribution in [-0.4, -0.2) is 34.7 Å². The van der Waals surface area contributed by atoms with E-state index in [0.29, 0.717) is 5.56 Å². The summed E-state index contributed by atoms with van der Waals surface area (Å²) in [5, 5.41) is 2.79. The second kappa shape index (κ2) is 5.99. The Bertz CT molecular complexity index is 668. The van der Waals surface area contributed by atoms with Gasteiger partial charge in [-0.15, -0.1) is 0 Å². The maximum absolute atomic E-state index is 12.8. The third-order valence-corrected chi connectivity index (χ3v) is 4.69. The van der Waals surface area contributed by atoms with Gasteiger partial charge in [0.25, 0.3) is 5.91 Å². The Morgan fingerprint density at radius 2 is 2.04 bits per heavy atom. The fraction of sp³-hybridized carbons (Fsp3) is 0.389. The number of benzene rings is 1. The van der Waals surface area contributed by atoms with Crippen LogP contribution in [0.3, 0.4) is 0 Å². The highest BCUT2D eigenvalue weighted by molar-refractivity contribution is 6.11. The molecule has 1 heterocycles. The lowest BCUT2D eigenvalue weighted by atomic mass is 9.79. The molecule has 0 bridgehead atoms. The standard InChI is InChI=1S/C18H20N2O3/c1-18(14-10-6-3-7-11-14)16(22)20(17(23)19-18)12-15(21)13-8-4-2-5-9-13/h2,4-6,8-10,14H,3,7,11-12H2,1H3,(H,19,23). The molecule has 1 N–H and O–H groups in total. The molecule has 5 heteroatoms. The van der Waals surface area contributed by atoms with E-state index in [4.69, 9.17) is 0 Å². The number of ketones is 1. The molecule has 2 atom stereocenters. The van der Waals surface area contributed by atoms with Crippen LogP contribution in [0.1, 0.15) is 36.5 Å². The van der Waals surface area contributed by atoms with Gasteiger partial charge in [-0.3, -0.25) is 14.5 Å². The predicted molar refractivity (Wildman–Crippen MR) is 85.9 cm³/mol. The average molecular weight is 312 g/mol. The second-order valence-corrected chi connectivity index (χ2v) is 6.28. The Labute approximate surface area is 135 Å². The second-order valence-electron chi connectivity index (χ2n) is 6.28. The van der Waals surface area contributed by atoms with Crippen LogP contribution in [-0.2, 0) is 4.79 Å². The first-order valence-electron chi connectivity index (χ1n) is 7.91. The van der Waals surface area contributed by atoms with Gasteiger partial charge in [0.1, 0.15) is 5.54 Å². The Hall–Kier alpha value is -2.43. The first kappa shape index (κ1) is 15.5. The van der Waals surface area contributed by atoms with E-state index in [9.17, 15) is 14.4 Å². The molecule has 2 aliphatic rings. The molecule has 2 unspecified atom stereocenters. The summed E-state index contributed by atoms with van der Waals surface area (Å²) in [5.41, 5.74) is -0.454. The minimum absolute atomic E-state index is 0.0236. The summed E-state index contributed by atoms with van der Waals surface area (Å²) in [5.74, 6) is -0.578. The molecule has 0 aromatic heterocycles. The number of Topliss-reactive ketones (excluding diaryl/α,β-unsaturated/α-hetero) is 1. The Morgan fingerprint density at radius 3 is 2.70 bits per heavy atom. The Balaban J connectivity index is 1.78. The first-order chi connectivity index (χ1) is 11.0. The molecule has 1 saturated heterocycles. The third kappa shape index (κ3) is 2.79. The number of urea groups is 1. The highest BCUT2D eigenvalue weighted by Crippen LogP contribution is 2.33. The molecule has 0 radical (unpaired) electrons. The van der Waals surface area contributed by atoms with E-state index in [1.165, 1.54) is 0 Å². The van der Waals surface area contributed by atoms with E-state index < -0.39 is 11.6 Å². The number of carbonyl (C=O) groups excluding carboxylic acids is 3. The smallest absolute Gasteiger partial charge is 0.323 e. The zero-order valence-electron chi connectivity index (χ0n) is 13.1. The van der Waals surface area contributed by atoms with Crippen LogP contribution in [0.15, 0.2) is 42.5 Å². The van der Waals surface area contributed by atoms with E-state index in [-0.39, 0.29) is 24.2 Å². The van der Waals surface area contributed by atoms with Crippen molar-refractivity contribution in [3.63, 3.8) is 0 Å². The number of hydrogen-bond acceptors (Lipinski definition) is 3. The van der Waals surface area contributed by atoms with Crippen molar-refractivity contribution >= 4 is 17.7 Å². The monoisotopic (exact) mass is 312 g/mol. The van der Waals surface area contributed by atoms with Gasteiger partial charge in [0.05, 0.1) is 6.54 Å². The fourth-order valence-corrected chi connectivity index (χ4v) is 3.26. The summed E-state index contributed by atoms with van der Waals surface area (Å²) in [6.45, 7) is 1.53. The van der Waals surface area contributed by atoms with Gasteiger partial charge in [-0.05, 0) is 26.2 Å². The van der Waals surface area contributed by atoms with Gasteiger partial charge in [-0.25, -0.2) is 4.79 Å². The molecule has 1 aliphatic carbocycles.